The molecule has 7 heteroatoms. The van der Waals surface area contributed by atoms with E-state index in [9.17, 15) is 4.79 Å². The fourth-order valence-corrected chi connectivity index (χ4v) is 3.82. The molecule has 1 atom stereocenters. The van der Waals surface area contributed by atoms with E-state index in [4.69, 9.17) is 0 Å². The number of amides is 1. The summed E-state index contributed by atoms with van der Waals surface area (Å²) in [5.41, 5.74) is 3.09. The first kappa shape index (κ1) is 17.4. The van der Waals surface area contributed by atoms with Crippen molar-refractivity contribution in [2.45, 2.75) is 26.2 Å². The van der Waals surface area contributed by atoms with Gasteiger partial charge in [-0.15, -0.1) is 15.3 Å². The van der Waals surface area contributed by atoms with Crippen molar-refractivity contribution in [3.63, 3.8) is 0 Å². The molecule has 1 amide bonds. The van der Waals surface area contributed by atoms with Gasteiger partial charge in [-0.3, -0.25) is 10.1 Å². The van der Waals surface area contributed by atoms with Gasteiger partial charge < -0.3 is 0 Å². The summed E-state index contributed by atoms with van der Waals surface area (Å²) in [7, 11) is 0. The number of aryl methyl sites for hydroxylation is 1. The molecular formula is C20H19N5OS. The zero-order valence-corrected chi connectivity index (χ0v) is 15.9. The molecule has 0 saturated heterocycles. The predicted octanol–water partition coefficient (Wildman–Crippen LogP) is 4.29. The molecule has 2 aromatic heterocycles. The number of hydrogen-bond donors (Lipinski definition) is 1. The number of hydrogen-bond acceptors (Lipinski definition) is 5. The molecule has 27 heavy (non-hydrogen) atoms. The van der Waals surface area contributed by atoms with Crippen LogP contribution in [0.2, 0.25) is 0 Å². The van der Waals surface area contributed by atoms with Crippen LogP contribution in [0, 0.1) is 6.92 Å². The van der Waals surface area contributed by atoms with E-state index in [1.807, 2.05) is 68.4 Å². The Balaban J connectivity index is 1.61. The SMILES string of the molecule is CC[C@@H](C(=O)Nc1nn2c(-c3cccc(C)c3)nnc2s1)c1ccccc1. The maximum atomic E-state index is 12.8. The molecule has 0 unspecified atom stereocenters. The lowest BCUT2D eigenvalue weighted by Gasteiger charge is -2.13. The number of carbonyl (C=O) groups is 1. The average molecular weight is 377 g/mol. The van der Waals surface area contributed by atoms with Crippen LogP contribution >= 0.6 is 11.3 Å². The Morgan fingerprint density at radius 3 is 2.70 bits per heavy atom. The molecule has 2 aromatic carbocycles. The number of carbonyl (C=O) groups excluding carboxylic acids is 1. The number of benzene rings is 2. The van der Waals surface area contributed by atoms with Crippen LogP contribution < -0.4 is 5.32 Å². The Morgan fingerprint density at radius 2 is 1.96 bits per heavy atom. The lowest BCUT2D eigenvalue weighted by atomic mass is 9.96. The van der Waals surface area contributed by atoms with Gasteiger partial charge in [0.1, 0.15) is 0 Å². The summed E-state index contributed by atoms with van der Waals surface area (Å²) in [4.78, 5) is 13.4. The average Bonchev–Trinajstić information content (AvgIpc) is 3.23. The highest BCUT2D eigenvalue weighted by molar-refractivity contribution is 7.20. The van der Waals surface area contributed by atoms with Crippen molar-refractivity contribution in [2.24, 2.45) is 0 Å². The molecule has 0 bridgehead atoms. The van der Waals surface area contributed by atoms with Gasteiger partial charge in [-0.25, -0.2) is 0 Å². The molecular weight excluding hydrogens is 358 g/mol. The van der Waals surface area contributed by atoms with E-state index in [-0.39, 0.29) is 11.8 Å². The first-order chi connectivity index (χ1) is 13.2. The summed E-state index contributed by atoms with van der Waals surface area (Å²) in [6.07, 6.45) is 0.717. The van der Waals surface area contributed by atoms with E-state index in [2.05, 4.69) is 20.6 Å². The minimum Gasteiger partial charge on any atom is -0.300 e. The van der Waals surface area contributed by atoms with E-state index in [0.717, 1.165) is 16.7 Å². The van der Waals surface area contributed by atoms with Crippen LogP contribution in [0.1, 0.15) is 30.4 Å². The second kappa shape index (κ2) is 7.28. The standard InChI is InChI=1S/C20H19N5OS/c1-3-16(14-9-5-4-6-10-14)18(26)21-19-24-25-17(22-23-20(25)27-19)15-11-7-8-13(2)12-15/h4-12,16H,3H2,1-2H3,(H,21,24,26)/t16-/m1/s1. The summed E-state index contributed by atoms with van der Waals surface area (Å²) in [5, 5.41) is 16.4. The smallest absolute Gasteiger partial charge is 0.236 e. The van der Waals surface area contributed by atoms with Gasteiger partial charge in [-0.2, -0.15) is 4.52 Å². The van der Waals surface area contributed by atoms with E-state index < -0.39 is 0 Å². The van der Waals surface area contributed by atoms with Crippen molar-refractivity contribution in [3.8, 4) is 11.4 Å². The summed E-state index contributed by atoms with van der Waals surface area (Å²) < 4.78 is 1.68. The van der Waals surface area contributed by atoms with Crippen LogP contribution in [0.5, 0.6) is 0 Å². The van der Waals surface area contributed by atoms with Gasteiger partial charge >= 0.3 is 0 Å². The van der Waals surface area contributed by atoms with Gasteiger partial charge in [-0.05, 0) is 25.0 Å². The van der Waals surface area contributed by atoms with Crippen molar-refractivity contribution in [3.05, 3.63) is 65.7 Å². The number of nitrogens with zero attached hydrogens (tertiary/aromatic N) is 4. The van der Waals surface area contributed by atoms with Crippen molar-refractivity contribution in [2.75, 3.05) is 5.32 Å². The van der Waals surface area contributed by atoms with Gasteiger partial charge in [0, 0.05) is 5.56 Å². The van der Waals surface area contributed by atoms with Crippen LogP contribution in [0.15, 0.2) is 54.6 Å². The molecule has 6 nitrogen and oxygen atoms in total. The third-order valence-corrected chi connectivity index (χ3v) is 5.24. The molecule has 4 aromatic rings. The normalized spacial score (nSPS) is 12.2. The molecule has 0 saturated carbocycles. The van der Waals surface area contributed by atoms with Crippen LogP contribution in [0.3, 0.4) is 0 Å². The minimum absolute atomic E-state index is 0.0641. The fraction of sp³-hybridized carbons (Fsp3) is 0.200. The fourth-order valence-electron chi connectivity index (χ4n) is 3.08. The quantitative estimate of drug-likeness (QED) is 0.563. The van der Waals surface area contributed by atoms with Crippen LogP contribution in [0.25, 0.3) is 16.3 Å². The Labute approximate surface area is 160 Å². The molecule has 1 N–H and O–H groups in total. The zero-order chi connectivity index (χ0) is 18.8. The van der Waals surface area contributed by atoms with Gasteiger partial charge in [0.15, 0.2) is 5.82 Å². The van der Waals surface area contributed by atoms with Crippen molar-refractivity contribution >= 4 is 27.3 Å². The van der Waals surface area contributed by atoms with Gasteiger partial charge in [0.25, 0.3) is 0 Å². The largest absolute Gasteiger partial charge is 0.300 e. The molecule has 136 valence electrons. The third-order valence-electron chi connectivity index (χ3n) is 4.42. The second-order valence-electron chi connectivity index (χ2n) is 6.36. The highest BCUT2D eigenvalue weighted by Crippen LogP contribution is 2.26. The van der Waals surface area contributed by atoms with Gasteiger partial charge in [0.05, 0.1) is 5.92 Å². The summed E-state index contributed by atoms with van der Waals surface area (Å²) in [6.45, 7) is 4.04. The minimum atomic E-state index is -0.211. The number of nitrogens with one attached hydrogen (secondary N) is 1. The van der Waals surface area contributed by atoms with E-state index in [0.29, 0.717) is 22.3 Å². The van der Waals surface area contributed by atoms with E-state index >= 15 is 0 Å². The van der Waals surface area contributed by atoms with Gasteiger partial charge in [0.2, 0.25) is 16.0 Å². The Bertz CT molecular complexity index is 1090. The third kappa shape index (κ3) is 3.46. The van der Waals surface area contributed by atoms with E-state index in [1.54, 1.807) is 4.52 Å². The highest BCUT2D eigenvalue weighted by Gasteiger charge is 2.21. The molecule has 0 aliphatic heterocycles. The molecule has 0 fully saturated rings. The first-order valence-electron chi connectivity index (χ1n) is 8.81. The topological polar surface area (TPSA) is 72.2 Å². The maximum Gasteiger partial charge on any atom is 0.236 e. The summed E-state index contributed by atoms with van der Waals surface area (Å²) in [5.74, 6) is 0.392. The van der Waals surface area contributed by atoms with Crippen molar-refractivity contribution in [1.82, 2.24) is 19.8 Å². The Morgan fingerprint density at radius 1 is 1.15 bits per heavy atom. The van der Waals surface area contributed by atoms with E-state index in [1.165, 1.54) is 11.3 Å². The first-order valence-corrected chi connectivity index (χ1v) is 9.62. The highest BCUT2D eigenvalue weighted by atomic mass is 32.1. The molecule has 0 spiro atoms. The van der Waals surface area contributed by atoms with Crippen molar-refractivity contribution < 1.29 is 4.79 Å². The molecule has 0 radical (unpaired) electrons. The molecule has 4 rings (SSSR count). The molecule has 0 aliphatic carbocycles. The van der Waals surface area contributed by atoms with Crippen LogP contribution in [-0.2, 0) is 4.79 Å². The number of rotatable bonds is 5. The zero-order valence-electron chi connectivity index (χ0n) is 15.1. The lowest BCUT2D eigenvalue weighted by Crippen LogP contribution is -2.20. The number of fused-ring (bicyclic) bond motifs is 1. The van der Waals surface area contributed by atoms with Crippen LogP contribution in [0.4, 0.5) is 5.13 Å². The van der Waals surface area contributed by atoms with Crippen LogP contribution in [-0.4, -0.2) is 25.7 Å². The number of aromatic nitrogens is 4. The monoisotopic (exact) mass is 377 g/mol. The molecule has 0 aliphatic rings. The van der Waals surface area contributed by atoms with Crippen molar-refractivity contribution in [1.29, 1.82) is 0 Å². The molecule has 2 heterocycles. The lowest BCUT2D eigenvalue weighted by molar-refractivity contribution is -0.117. The number of anilines is 1. The predicted molar refractivity (Wildman–Crippen MR) is 107 cm³/mol. The maximum absolute atomic E-state index is 12.8. The summed E-state index contributed by atoms with van der Waals surface area (Å²) >= 11 is 1.31. The second-order valence-corrected chi connectivity index (χ2v) is 7.31. The Hall–Kier alpha value is -3.06. The van der Waals surface area contributed by atoms with Gasteiger partial charge in [-0.1, -0.05) is 72.4 Å². The summed E-state index contributed by atoms with van der Waals surface area (Å²) in [6, 6.07) is 17.8. The Kier molecular flexibility index (Phi) is 4.68.